The average Bonchev–Trinajstić information content (AvgIpc) is 2.84. The number of rotatable bonds is 9. The molecule has 35 heavy (non-hydrogen) atoms. The number of halogens is 1. The number of ether oxygens (including phenoxy) is 3. The van der Waals surface area contributed by atoms with Crippen molar-refractivity contribution in [1.29, 1.82) is 5.26 Å². The summed E-state index contributed by atoms with van der Waals surface area (Å²) in [6.45, 7) is 6.96. The number of hydrogen-bond acceptors (Lipinski definition) is 5. The third-order valence-corrected chi connectivity index (χ3v) is 5.89. The lowest BCUT2D eigenvalue weighted by molar-refractivity contribution is -0.112. The van der Waals surface area contributed by atoms with E-state index in [2.05, 4.69) is 47.2 Å². The fourth-order valence-corrected chi connectivity index (χ4v) is 3.90. The number of nitrogens with one attached hydrogen (secondary N) is 1. The Morgan fingerprint density at radius 1 is 1.06 bits per heavy atom. The van der Waals surface area contributed by atoms with Crippen LogP contribution in [0.1, 0.15) is 29.2 Å². The molecule has 3 aromatic carbocycles. The van der Waals surface area contributed by atoms with Crippen molar-refractivity contribution in [2.24, 2.45) is 0 Å². The quantitative estimate of drug-likeness (QED) is 0.247. The summed E-state index contributed by atoms with van der Waals surface area (Å²) in [6, 6.07) is 18.6. The number of amides is 1. The molecule has 0 bridgehead atoms. The van der Waals surface area contributed by atoms with Gasteiger partial charge in [0.15, 0.2) is 11.5 Å². The predicted octanol–water partition coefficient (Wildman–Crippen LogP) is 6.60. The lowest BCUT2D eigenvalue weighted by Gasteiger charge is -2.14. The fraction of sp³-hybridized carbons (Fsp3) is 0.214. The Hall–Kier alpha value is -3.76. The molecule has 6 nitrogen and oxygen atoms in total. The summed E-state index contributed by atoms with van der Waals surface area (Å²) in [5, 5.41) is 12.3. The summed E-state index contributed by atoms with van der Waals surface area (Å²) in [4.78, 5) is 12.7. The van der Waals surface area contributed by atoms with Crippen molar-refractivity contribution < 1.29 is 19.0 Å². The summed E-state index contributed by atoms with van der Waals surface area (Å²) in [5.74, 6) is 1.22. The number of nitrogens with zero attached hydrogens (tertiary/aromatic N) is 1. The van der Waals surface area contributed by atoms with Gasteiger partial charge in [0.1, 0.15) is 24.0 Å². The molecule has 0 unspecified atom stereocenters. The highest BCUT2D eigenvalue weighted by Gasteiger charge is 2.15. The van der Waals surface area contributed by atoms with Crippen LogP contribution in [0.5, 0.6) is 17.2 Å². The molecule has 0 aliphatic carbocycles. The van der Waals surface area contributed by atoms with E-state index < -0.39 is 5.91 Å². The Labute approximate surface area is 214 Å². The van der Waals surface area contributed by atoms with Crippen LogP contribution in [0.15, 0.2) is 64.6 Å². The third kappa shape index (κ3) is 6.87. The molecule has 0 saturated carbocycles. The smallest absolute Gasteiger partial charge is 0.266 e. The first kappa shape index (κ1) is 25.9. The van der Waals surface area contributed by atoms with Crippen molar-refractivity contribution in [3.8, 4) is 23.3 Å². The molecule has 0 fully saturated rings. The van der Waals surface area contributed by atoms with Crippen molar-refractivity contribution in [2.75, 3.05) is 19.0 Å². The first-order valence-corrected chi connectivity index (χ1v) is 11.9. The van der Waals surface area contributed by atoms with E-state index >= 15 is 0 Å². The van der Waals surface area contributed by atoms with Crippen LogP contribution in [-0.2, 0) is 11.4 Å². The first-order valence-electron chi connectivity index (χ1n) is 11.1. The second-order valence-corrected chi connectivity index (χ2v) is 8.68. The lowest BCUT2D eigenvalue weighted by atomic mass is 10.1. The van der Waals surface area contributed by atoms with E-state index in [1.54, 1.807) is 43.5 Å². The highest BCUT2D eigenvalue weighted by atomic mass is 79.9. The molecule has 0 aliphatic rings. The number of anilines is 1. The van der Waals surface area contributed by atoms with E-state index in [0.29, 0.717) is 46.2 Å². The highest BCUT2D eigenvalue weighted by molar-refractivity contribution is 9.10. The van der Waals surface area contributed by atoms with Gasteiger partial charge >= 0.3 is 0 Å². The zero-order chi connectivity index (χ0) is 25.4. The van der Waals surface area contributed by atoms with E-state index in [-0.39, 0.29) is 5.57 Å². The minimum Gasteiger partial charge on any atom is -0.494 e. The third-order valence-electron chi connectivity index (χ3n) is 5.31. The maximum Gasteiger partial charge on any atom is 0.266 e. The second-order valence-electron chi connectivity index (χ2n) is 7.82. The summed E-state index contributed by atoms with van der Waals surface area (Å²) in [5.41, 5.74) is 4.60. The van der Waals surface area contributed by atoms with Crippen molar-refractivity contribution in [2.45, 2.75) is 27.4 Å². The number of aryl methyl sites for hydroxylation is 2. The molecular formula is C28H27BrN2O4. The summed E-state index contributed by atoms with van der Waals surface area (Å²) < 4.78 is 17.6. The van der Waals surface area contributed by atoms with Gasteiger partial charge in [-0.3, -0.25) is 4.79 Å². The zero-order valence-corrected chi connectivity index (χ0v) is 21.7. The number of benzene rings is 3. The molecule has 3 aromatic rings. The minimum absolute atomic E-state index is 0.0448. The van der Waals surface area contributed by atoms with Crippen molar-refractivity contribution in [3.63, 3.8) is 0 Å². The molecule has 7 heteroatoms. The molecular weight excluding hydrogens is 508 g/mol. The molecule has 180 valence electrons. The Kier molecular flexibility index (Phi) is 8.93. The van der Waals surface area contributed by atoms with Gasteiger partial charge in [0, 0.05) is 5.69 Å². The van der Waals surface area contributed by atoms with E-state index in [1.807, 2.05) is 19.1 Å². The van der Waals surface area contributed by atoms with Crippen LogP contribution in [0.2, 0.25) is 0 Å². The lowest BCUT2D eigenvalue weighted by Crippen LogP contribution is -2.13. The Morgan fingerprint density at radius 3 is 2.43 bits per heavy atom. The van der Waals surface area contributed by atoms with E-state index in [9.17, 15) is 10.1 Å². The number of carbonyl (C=O) groups excluding carboxylic acids is 1. The van der Waals surface area contributed by atoms with Gasteiger partial charge in [0.25, 0.3) is 5.91 Å². The molecule has 0 saturated heterocycles. The van der Waals surface area contributed by atoms with Gasteiger partial charge < -0.3 is 19.5 Å². The maximum absolute atomic E-state index is 12.7. The Morgan fingerprint density at radius 2 is 1.80 bits per heavy atom. The number of methoxy groups -OCH3 is 1. The monoisotopic (exact) mass is 534 g/mol. The zero-order valence-electron chi connectivity index (χ0n) is 20.1. The molecule has 1 amide bonds. The highest BCUT2D eigenvalue weighted by Crippen LogP contribution is 2.38. The Bertz CT molecular complexity index is 1280. The van der Waals surface area contributed by atoms with Crippen LogP contribution in [0.3, 0.4) is 0 Å². The van der Waals surface area contributed by atoms with Gasteiger partial charge in [-0.2, -0.15) is 5.26 Å². The van der Waals surface area contributed by atoms with Gasteiger partial charge in [-0.15, -0.1) is 0 Å². The second kappa shape index (κ2) is 12.1. The van der Waals surface area contributed by atoms with E-state index in [1.165, 1.54) is 17.2 Å². The van der Waals surface area contributed by atoms with Gasteiger partial charge in [0.05, 0.1) is 18.2 Å². The van der Waals surface area contributed by atoms with Gasteiger partial charge in [0.2, 0.25) is 0 Å². The summed E-state index contributed by atoms with van der Waals surface area (Å²) in [7, 11) is 1.54. The van der Waals surface area contributed by atoms with Crippen LogP contribution in [0.4, 0.5) is 5.69 Å². The SMILES string of the molecule is CCOc1ccc(NC(=O)/C(C#N)=C/c2cc(Br)c(OCc3ccc(C)c(C)c3)c(OC)c2)cc1. The normalized spacial score (nSPS) is 10.9. The molecule has 0 spiro atoms. The molecule has 0 heterocycles. The standard InChI is InChI=1S/C28H27BrN2O4/c1-5-34-24-10-8-23(9-11-24)31-28(32)22(16-30)13-21-14-25(29)27(26(15-21)33-4)35-17-20-7-6-18(2)19(3)12-20/h6-15H,5,17H2,1-4H3,(H,31,32)/b22-13+. The van der Waals surface area contributed by atoms with Crippen LogP contribution < -0.4 is 19.5 Å². The van der Waals surface area contributed by atoms with Crippen LogP contribution in [-0.4, -0.2) is 19.6 Å². The minimum atomic E-state index is -0.512. The van der Waals surface area contributed by atoms with Gasteiger partial charge in [-0.1, -0.05) is 18.2 Å². The first-order chi connectivity index (χ1) is 16.8. The molecule has 0 radical (unpaired) electrons. The average molecular weight is 535 g/mol. The Balaban J connectivity index is 1.77. The topological polar surface area (TPSA) is 80.6 Å². The van der Waals surface area contributed by atoms with Crippen LogP contribution in [0.25, 0.3) is 6.08 Å². The summed E-state index contributed by atoms with van der Waals surface area (Å²) >= 11 is 3.53. The number of nitriles is 1. The number of hydrogen-bond donors (Lipinski definition) is 1. The predicted molar refractivity (Wildman–Crippen MR) is 141 cm³/mol. The molecule has 0 aromatic heterocycles. The van der Waals surface area contributed by atoms with E-state index in [4.69, 9.17) is 14.2 Å². The fourth-order valence-electron chi connectivity index (χ4n) is 3.33. The largest absolute Gasteiger partial charge is 0.494 e. The van der Waals surface area contributed by atoms with Crippen molar-refractivity contribution in [1.82, 2.24) is 0 Å². The van der Waals surface area contributed by atoms with Crippen molar-refractivity contribution in [3.05, 3.63) is 86.9 Å². The van der Waals surface area contributed by atoms with Gasteiger partial charge in [-0.05, 0) is 101 Å². The van der Waals surface area contributed by atoms with E-state index in [0.717, 1.165) is 5.56 Å². The van der Waals surface area contributed by atoms with Crippen LogP contribution in [0, 0.1) is 25.2 Å². The molecule has 3 rings (SSSR count). The number of carbonyl (C=O) groups is 1. The summed E-state index contributed by atoms with van der Waals surface area (Å²) in [6.07, 6.45) is 1.50. The molecule has 0 aliphatic heterocycles. The molecule has 1 N–H and O–H groups in total. The molecule has 0 atom stereocenters. The maximum atomic E-state index is 12.7. The van der Waals surface area contributed by atoms with Gasteiger partial charge in [-0.25, -0.2) is 0 Å². The van der Waals surface area contributed by atoms with Crippen LogP contribution >= 0.6 is 15.9 Å². The van der Waals surface area contributed by atoms with Crippen molar-refractivity contribution >= 4 is 33.6 Å².